The van der Waals surface area contributed by atoms with E-state index in [-0.39, 0.29) is 30.1 Å². The number of fused-ring (bicyclic) bond motifs is 1. The third kappa shape index (κ3) is 2.71. The van der Waals surface area contributed by atoms with Gasteiger partial charge in [-0.3, -0.25) is 14.6 Å². The Morgan fingerprint density at radius 3 is 2.70 bits per heavy atom. The molecule has 3 saturated heterocycles. The summed E-state index contributed by atoms with van der Waals surface area (Å²) in [6, 6.07) is 0.534. The summed E-state index contributed by atoms with van der Waals surface area (Å²) in [4.78, 5) is 15.6. The van der Waals surface area contributed by atoms with Crippen LogP contribution in [-0.2, 0) is 14.6 Å². The Balaban J connectivity index is 1.78. The molecule has 3 atom stereocenters. The van der Waals surface area contributed by atoms with E-state index in [1.807, 2.05) is 4.90 Å². The molecule has 6 nitrogen and oxygen atoms in total. The first-order valence-electron chi connectivity index (χ1n) is 7.38. The average molecular weight is 302 g/mol. The van der Waals surface area contributed by atoms with Crippen molar-refractivity contribution in [3.8, 4) is 0 Å². The molecule has 0 saturated carbocycles. The zero-order valence-corrected chi connectivity index (χ0v) is 12.4. The van der Waals surface area contributed by atoms with E-state index in [0.717, 1.165) is 25.9 Å². The Morgan fingerprint density at radius 1 is 1.25 bits per heavy atom. The number of hydrogen-bond acceptors (Lipinski definition) is 5. The van der Waals surface area contributed by atoms with Crippen molar-refractivity contribution < 1.29 is 18.3 Å². The van der Waals surface area contributed by atoms with Crippen LogP contribution in [0.2, 0.25) is 0 Å². The van der Waals surface area contributed by atoms with Gasteiger partial charge in [0.2, 0.25) is 0 Å². The van der Waals surface area contributed by atoms with Gasteiger partial charge in [0.25, 0.3) is 0 Å². The number of hydrogen-bond donors (Lipinski definition) is 1. The zero-order valence-electron chi connectivity index (χ0n) is 11.6. The summed E-state index contributed by atoms with van der Waals surface area (Å²) >= 11 is 0. The fraction of sp³-hybridized carbons (Fsp3) is 0.923. The molecule has 0 radical (unpaired) electrons. The zero-order chi connectivity index (χ0) is 14.3. The number of aliphatic carboxylic acids is 1. The quantitative estimate of drug-likeness (QED) is 0.775. The number of nitrogens with zero attached hydrogens (tertiary/aromatic N) is 2. The van der Waals surface area contributed by atoms with E-state index in [0.29, 0.717) is 12.5 Å². The molecule has 20 heavy (non-hydrogen) atoms. The molecule has 114 valence electrons. The van der Waals surface area contributed by atoms with Crippen LogP contribution < -0.4 is 0 Å². The van der Waals surface area contributed by atoms with Gasteiger partial charge in [-0.1, -0.05) is 0 Å². The summed E-state index contributed by atoms with van der Waals surface area (Å²) in [6.07, 6.45) is 3.83. The van der Waals surface area contributed by atoms with E-state index >= 15 is 0 Å². The number of rotatable bonds is 4. The summed E-state index contributed by atoms with van der Waals surface area (Å²) in [5.74, 6) is -0.524. The van der Waals surface area contributed by atoms with Crippen molar-refractivity contribution in [2.75, 3.05) is 31.1 Å². The Labute approximate surface area is 119 Å². The van der Waals surface area contributed by atoms with Gasteiger partial charge in [0.05, 0.1) is 18.1 Å². The van der Waals surface area contributed by atoms with Crippen LogP contribution in [0, 0.1) is 0 Å². The van der Waals surface area contributed by atoms with Crippen LogP contribution in [0.4, 0.5) is 0 Å². The molecule has 0 aromatic rings. The Hall–Kier alpha value is -0.660. The normalized spacial score (nSPS) is 36.5. The molecule has 3 aliphatic heterocycles. The molecule has 0 aromatic heterocycles. The Bertz CT molecular complexity index is 493. The number of carboxylic acid groups (broad SMARTS) is 1. The first kappa shape index (κ1) is 14.3. The predicted octanol–water partition coefficient (Wildman–Crippen LogP) is -0.203. The van der Waals surface area contributed by atoms with Crippen molar-refractivity contribution in [3.63, 3.8) is 0 Å². The minimum absolute atomic E-state index is 0.0325. The lowest BCUT2D eigenvalue weighted by Crippen LogP contribution is -2.50. The van der Waals surface area contributed by atoms with Crippen LogP contribution in [0.3, 0.4) is 0 Å². The van der Waals surface area contributed by atoms with E-state index in [1.165, 1.54) is 6.42 Å². The molecule has 0 bridgehead atoms. The van der Waals surface area contributed by atoms with Crippen molar-refractivity contribution >= 4 is 15.8 Å². The van der Waals surface area contributed by atoms with E-state index < -0.39 is 15.8 Å². The van der Waals surface area contributed by atoms with E-state index in [4.69, 9.17) is 0 Å². The minimum Gasteiger partial charge on any atom is -0.480 e. The average Bonchev–Trinajstić information content (AvgIpc) is 3.00. The molecule has 0 amide bonds. The maximum atomic E-state index is 11.7. The standard InChI is InChI=1S/C13H22N2O4S/c16-13(17)8-15(10-4-7-20(18,19)9-10)12-3-6-14-5-1-2-11(12)14/h10-12H,1-9H2,(H,16,17). The van der Waals surface area contributed by atoms with E-state index in [2.05, 4.69) is 4.90 Å². The fourth-order valence-electron chi connectivity index (χ4n) is 4.15. The highest BCUT2D eigenvalue weighted by molar-refractivity contribution is 7.91. The van der Waals surface area contributed by atoms with E-state index in [1.54, 1.807) is 0 Å². The van der Waals surface area contributed by atoms with Crippen LogP contribution in [0.25, 0.3) is 0 Å². The van der Waals surface area contributed by atoms with Crippen LogP contribution in [0.5, 0.6) is 0 Å². The SMILES string of the molecule is O=C(O)CN(C1CCS(=O)(=O)C1)C1CCN2CCCC12. The second-order valence-electron chi connectivity index (χ2n) is 6.22. The minimum atomic E-state index is -2.98. The summed E-state index contributed by atoms with van der Waals surface area (Å²) in [6.45, 7) is 2.09. The highest BCUT2D eigenvalue weighted by atomic mass is 32.2. The monoisotopic (exact) mass is 302 g/mol. The molecule has 0 aromatic carbocycles. The molecular formula is C13H22N2O4S. The van der Waals surface area contributed by atoms with Gasteiger partial charge < -0.3 is 5.11 Å². The molecule has 1 N–H and O–H groups in total. The molecule has 3 aliphatic rings. The lowest BCUT2D eigenvalue weighted by atomic mass is 10.0. The fourth-order valence-corrected chi connectivity index (χ4v) is 5.90. The molecule has 3 unspecified atom stereocenters. The largest absolute Gasteiger partial charge is 0.480 e. The Kier molecular flexibility index (Phi) is 3.77. The van der Waals surface area contributed by atoms with Gasteiger partial charge in [0.15, 0.2) is 9.84 Å². The third-order valence-corrected chi connectivity index (χ3v) is 6.74. The lowest BCUT2D eigenvalue weighted by Gasteiger charge is -2.35. The van der Waals surface area contributed by atoms with Crippen LogP contribution >= 0.6 is 0 Å². The van der Waals surface area contributed by atoms with Gasteiger partial charge in [0, 0.05) is 24.7 Å². The summed E-state index contributed by atoms with van der Waals surface area (Å²) in [7, 11) is -2.98. The summed E-state index contributed by atoms with van der Waals surface area (Å²) in [5.41, 5.74) is 0. The topological polar surface area (TPSA) is 77.9 Å². The molecule has 3 fully saturated rings. The van der Waals surface area contributed by atoms with Crippen molar-refractivity contribution in [2.24, 2.45) is 0 Å². The highest BCUT2D eigenvalue weighted by Crippen LogP contribution is 2.33. The third-order valence-electron chi connectivity index (χ3n) is 4.99. The Morgan fingerprint density at radius 2 is 2.05 bits per heavy atom. The second-order valence-corrected chi connectivity index (χ2v) is 8.45. The van der Waals surface area contributed by atoms with Crippen LogP contribution in [0.1, 0.15) is 25.7 Å². The van der Waals surface area contributed by atoms with Crippen molar-refractivity contribution in [2.45, 2.75) is 43.8 Å². The first-order valence-corrected chi connectivity index (χ1v) is 9.20. The number of carboxylic acids is 1. The maximum Gasteiger partial charge on any atom is 0.317 e. The molecule has 3 heterocycles. The maximum absolute atomic E-state index is 11.7. The van der Waals surface area contributed by atoms with Gasteiger partial charge in [-0.15, -0.1) is 0 Å². The van der Waals surface area contributed by atoms with Gasteiger partial charge in [-0.2, -0.15) is 0 Å². The summed E-state index contributed by atoms with van der Waals surface area (Å²) in [5, 5.41) is 9.17. The molecule has 7 heteroatoms. The summed E-state index contributed by atoms with van der Waals surface area (Å²) < 4.78 is 23.4. The van der Waals surface area contributed by atoms with Crippen molar-refractivity contribution in [3.05, 3.63) is 0 Å². The van der Waals surface area contributed by atoms with Gasteiger partial charge >= 0.3 is 5.97 Å². The first-order chi connectivity index (χ1) is 9.46. The van der Waals surface area contributed by atoms with Crippen LogP contribution in [-0.4, -0.2) is 78.6 Å². The van der Waals surface area contributed by atoms with Gasteiger partial charge in [-0.25, -0.2) is 8.42 Å². The van der Waals surface area contributed by atoms with Crippen molar-refractivity contribution in [1.29, 1.82) is 0 Å². The highest BCUT2D eigenvalue weighted by Gasteiger charge is 2.44. The number of carbonyl (C=O) groups is 1. The smallest absolute Gasteiger partial charge is 0.317 e. The van der Waals surface area contributed by atoms with Crippen molar-refractivity contribution in [1.82, 2.24) is 9.80 Å². The van der Waals surface area contributed by atoms with E-state index in [9.17, 15) is 18.3 Å². The lowest BCUT2D eigenvalue weighted by molar-refractivity contribution is -0.139. The van der Waals surface area contributed by atoms with Crippen LogP contribution in [0.15, 0.2) is 0 Å². The van der Waals surface area contributed by atoms with Gasteiger partial charge in [-0.05, 0) is 32.2 Å². The predicted molar refractivity (Wildman–Crippen MR) is 74.4 cm³/mol. The molecular weight excluding hydrogens is 280 g/mol. The molecule has 3 rings (SSSR count). The number of sulfone groups is 1. The second kappa shape index (κ2) is 5.27. The molecule has 0 spiro atoms. The molecule has 0 aliphatic carbocycles. The van der Waals surface area contributed by atoms with Gasteiger partial charge in [0.1, 0.15) is 0 Å².